The molecule has 0 saturated heterocycles. The zero-order chi connectivity index (χ0) is 11.7. The van der Waals surface area contributed by atoms with Crippen LogP contribution in [0.5, 0.6) is 5.75 Å². The Kier molecular flexibility index (Phi) is 2.77. The number of hydrogen-bond acceptors (Lipinski definition) is 3. The summed E-state index contributed by atoms with van der Waals surface area (Å²) in [6.07, 6.45) is 3.41. The maximum Gasteiger partial charge on any atom is 0.115 e. The Morgan fingerprint density at radius 2 is 2.24 bits per heavy atom. The van der Waals surface area contributed by atoms with E-state index in [0.717, 1.165) is 12.8 Å². The van der Waals surface area contributed by atoms with Crippen LogP contribution in [0.2, 0.25) is 0 Å². The summed E-state index contributed by atoms with van der Waals surface area (Å²) in [6, 6.07) is 8.23. The second kappa shape index (κ2) is 4.41. The van der Waals surface area contributed by atoms with E-state index in [0.29, 0.717) is 11.8 Å². The molecule has 3 heteroatoms. The standard InChI is InChI=1S/C14H15NOS/c16-12-4-5-13-10(8-12)2-1-3-14(13)15-11-6-7-17-9-11/h4-9,14-16H,1-3H2. The van der Waals surface area contributed by atoms with Crippen LogP contribution in [-0.2, 0) is 6.42 Å². The van der Waals surface area contributed by atoms with Crippen molar-refractivity contribution in [2.45, 2.75) is 25.3 Å². The van der Waals surface area contributed by atoms with Crippen LogP contribution < -0.4 is 5.32 Å². The fraction of sp³-hybridized carbons (Fsp3) is 0.286. The molecule has 3 rings (SSSR count). The summed E-state index contributed by atoms with van der Waals surface area (Å²) < 4.78 is 0. The van der Waals surface area contributed by atoms with Gasteiger partial charge in [0.2, 0.25) is 0 Å². The maximum atomic E-state index is 9.51. The summed E-state index contributed by atoms with van der Waals surface area (Å²) in [7, 11) is 0. The molecule has 1 aliphatic carbocycles. The van der Waals surface area contributed by atoms with Crippen molar-refractivity contribution in [1.29, 1.82) is 0 Å². The smallest absolute Gasteiger partial charge is 0.115 e. The lowest BCUT2D eigenvalue weighted by Crippen LogP contribution is -2.16. The minimum Gasteiger partial charge on any atom is -0.508 e. The minimum atomic E-state index is 0.375. The largest absolute Gasteiger partial charge is 0.508 e. The molecule has 0 saturated carbocycles. The number of hydrogen-bond donors (Lipinski definition) is 2. The summed E-state index contributed by atoms with van der Waals surface area (Å²) in [5.74, 6) is 0.375. The molecular formula is C14H15NOS. The zero-order valence-corrected chi connectivity index (χ0v) is 10.3. The Morgan fingerprint density at radius 3 is 3.06 bits per heavy atom. The predicted octanol–water partition coefficient (Wildman–Crippen LogP) is 3.94. The lowest BCUT2D eigenvalue weighted by atomic mass is 9.87. The van der Waals surface area contributed by atoms with E-state index < -0.39 is 0 Å². The quantitative estimate of drug-likeness (QED) is 0.839. The van der Waals surface area contributed by atoms with E-state index >= 15 is 0 Å². The molecule has 1 unspecified atom stereocenters. The van der Waals surface area contributed by atoms with Gasteiger partial charge in [-0.2, -0.15) is 11.3 Å². The second-order valence-electron chi connectivity index (χ2n) is 4.48. The van der Waals surface area contributed by atoms with E-state index in [4.69, 9.17) is 0 Å². The molecule has 2 aromatic rings. The Labute approximate surface area is 105 Å². The molecule has 0 fully saturated rings. The van der Waals surface area contributed by atoms with E-state index in [2.05, 4.69) is 22.1 Å². The molecule has 0 spiro atoms. The summed E-state index contributed by atoms with van der Waals surface area (Å²) in [6.45, 7) is 0. The van der Waals surface area contributed by atoms with E-state index in [1.807, 2.05) is 12.1 Å². The number of aryl methyl sites for hydroxylation is 1. The molecule has 17 heavy (non-hydrogen) atoms. The van der Waals surface area contributed by atoms with Crippen LogP contribution in [-0.4, -0.2) is 5.11 Å². The van der Waals surface area contributed by atoms with Crippen molar-refractivity contribution in [3.63, 3.8) is 0 Å². The van der Waals surface area contributed by atoms with Crippen LogP contribution >= 0.6 is 11.3 Å². The molecule has 0 aliphatic heterocycles. The number of nitrogens with one attached hydrogen (secondary N) is 1. The van der Waals surface area contributed by atoms with Gasteiger partial charge in [-0.05, 0) is 54.0 Å². The lowest BCUT2D eigenvalue weighted by Gasteiger charge is -2.27. The Balaban J connectivity index is 1.89. The van der Waals surface area contributed by atoms with Crippen molar-refractivity contribution in [2.24, 2.45) is 0 Å². The summed E-state index contributed by atoms with van der Waals surface area (Å²) in [4.78, 5) is 0. The van der Waals surface area contributed by atoms with E-state index in [1.165, 1.54) is 23.2 Å². The molecule has 0 radical (unpaired) electrons. The highest BCUT2D eigenvalue weighted by Crippen LogP contribution is 2.34. The highest BCUT2D eigenvalue weighted by molar-refractivity contribution is 7.08. The second-order valence-corrected chi connectivity index (χ2v) is 5.26. The first-order valence-electron chi connectivity index (χ1n) is 5.93. The van der Waals surface area contributed by atoms with Gasteiger partial charge in [0, 0.05) is 11.1 Å². The first-order chi connectivity index (χ1) is 8.33. The molecular weight excluding hydrogens is 230 g/mol. The highest BCUT2D eigenvalue weighted by Gasteiger charge is 2.20. The van der Waals surface area contributed by atoms with E-state index in [1.54, 1.807) is 17.4 Å². The zero-order valence-electron chi connectivity index (χ0n) is 9.52. The molecule has 0 amide bonds. The average molecular weight is 245 g/mol. The number of phenolic OH excluding ortho intramolecular Hbond substituents is 1. The van der Waals surface area contributed by atoms with Crippen molar-refractivity contribution in [1.82, 2.24) is 0 Å². The number of phenols is 1. The third-order valence-corrected chi connectivity index (χ3v) is 3.99. The van der Waals surface area contributed by atoms with Gasteiger partial charge in [0.25, 0.3) is 0 Å². The van der Waals surface area contributed by atoms with Crippen molar-refractivity contribution < 1.29 is 5.11 Å². The SMILES string of the molecule is Oc1ccc2c(c1)CCCC2Nc1ccsc1. The van der Waals surface area contributed by atoms with Gasteiger partial charge in [-0.25, -0.2) is 0 Å². The van der Waals surface area contributed by atoms with Crippen LogP contribution in [0.1, 0.15) is 30.0 Å². The molecule has 0 bridgehead atoms. The Bertz CT molecular complexity index is 507. The Morgan fingerprint density at radius 1 is 1.29 bits per heavy atom. The molecule has 2 N–H and O–H groups in total. The number of rotatable bonds is 2. The van der Waals surface area contributed by atoms with E-state index in [9.17, 15) is 5.11 Å². The van der Waals surface area contributed by atoms with Gasteiger partial charge in [-0.3, -0.25) is 0 Å². The number of anilines is 1. The third kappa shape index (κ3) is 2.15. The topological polar surface area (TPSA) is 32.3 Å². The van der Waals surface area contributed by atoms with Crippen molar-refractivity contribution in [2.75, 3.05) is 5.32 Å². The lowest BCUT2D eigenvalue weighted by molar-refractivity contribution is 0.472. The van der Waals surface area contributed by atoms with Gasteiger partial charge in [-0.1, -0.05) is 6.07 Å². The molecule has 2 nitrogen and oxygen atoms in total. The van der Waals surface area contributed by atoms with Crippen LogP contribution in [0, 0.1) is 0 Å². The average Bonchev–Trinajstić information content (AvgIpc) is 2.82. The van der Waals surface area contributed by atoms with Gasteiger partial charge in [0.15, 0.2) is 0 Å². The number of aromatic hydroxyl groups is 1. The minimum absolute atomic E-state index is 0.375. The van der Waals surface area contributed by atoms with Gasteiger partial charge in [0.05, 0.1) is 6.04 Å². The highest BCUT2D eigenvalue weighted by atomic mass is 32.1. The normalized spacial score (nSPS) is 18.7. The number of thiophene rings is 1. The van der Waals surface area contributed by atoms with Crippen molar-refractivity contribution >= 4 is 17.0 Å². The first kappa shape index (κ1) is 10.7. The number of fused-ring (bicyclic) bond motifs is 1. The maximum absolute atomic E-state index is 9.51. The van der Waals surface area contributed by atoms with Crippen molar-refractivity contribution in [3.05, 3.63) is 46.2 Å². The predicted molar refractivity (Wildman–Crippen MR) is 71.7 cm³/mol. The van der Waals surface area contributed by atoms with Crippen LogP contribution in [0.15, 0.2) is 35.0 Å². The molecule has 1 aromatic heterocycles. The van der Waals surface area contributed by atoms with Gasteiger partial charge < -0.3 is 10.4 Å². The first-order valence-corrected chi connectivity index (χ1v) is 6.88. The molecule has 88 valence electrons. The number of benzene rings is 1. The monoisotopic (exact) mass is 245 g/mol. The summed E-state index contributed by atoms with van der Waals surface area (Å²) >= 11 is 1.71. The van der Waals surface area contributed by atoms with Gasteiger partial charge in [0.1, 0.15) is 5.75 Å². The molecule has 1 aromatic carbocycles. The summed E-state index contributed by atoms with van der Waals surface area (Å²) in [5, 5.41) is 17.3. The van der Waals surface area contributed by atoms with Crippen LogP contribution in [0.3, 0.4) is 0 Å². The van der Waals surface area contributed by atoms with Crippen LogP contribution in [0.25, 0.3) is 0 Å². The van der Waals surface area contributed by atoms with Gasteiger partial charge in [-0.15, -0.1) is 0 Å². The van der Waals surface area contributed by atoms with Gasteiger partial charge >= 0.3 is 0 Å². The molecule has 1 aliphatic rings. The summed E-state index contributed by atoms with van der Waals surface area (Å²) in [5.41, 5.74) is 3.81. The third-order valence-electron chi connectivity index (χ3n) is 3.30. The van der Waals surface area contributed by atoms with Crippen molar-refractivity contribution in [3.8, 4) is 5.75 Å². The Hall–Kier alpha value is -1.48. The fourth-order valence-electron chi connectivity index (χ4n) is 2.50. The molecule has 1 heterocycles. The van der Waals surface area contributed by atoms with Crippen LogP contribution in [0.4, 0.5) is 5.69 Å². The molecule has 1 atom stereocenters. The fourth-order valence-corrected chi connectivity index (χ4v) is 3.10. The van der Waals surface area contributed by atoms with E-state index in [-0.39, 0.29) is 0 Å².